The number of rotatable bonds is 2. The highest BCUT2D eigenvalue weighted by Gasteiger charge is 2.21. The SMILES string of the molecule is Cc1cc(C)nc(Sc2nc(C(C)(C)C)nc(N)c2C)c1. The fourth-order valence-electron chi connectivity index (χ4n) is 1.90. The molecule has 0 unspecified atom stereocenters. The summed E-state index contributed by atoms with van der Waals surface area (Å²) in [7, 11) is 0. The first-order valence-corrected chi connectivity index (χ1v) is 7.76. The van der Waals surface area contributed by atoms with Crippen molar-refractivity contribution in [2.24, 2.45) is 0 Å². The monoisotopic (exact) mass is 302 g/mol. The van der Waals surface area contributed by atoms with Gasteiger partial charge in [0.15, 0.2) is 0 Å². The third-order valence-electron chi connectivity index (χ3n) is 3.09. The van der Waals surface area contributed by atoms with Gasteiger partial charge in [0.2, 0.25) is 0 Å². The summed E-state index contributed by atoms with van der Waals surface area (Å²) < 4.78 is 0. The maximum absolute atomic E-state index is 6.05. The Labute approximate surface area is 130 Å². The van der Waals surface area contributed by atoms with E-state index >= 15 is 0 Å². The number of anilines is 1. The molecule has 2 heterocycles. The predicted molar refractivity (Wildman–Crippen MR) is 87.7 cm³/mol. The molecule has 2 aromatic heterocycles. The summed E-state index contributed by atoms with van der Waals surface area (Å²) in [6, 6.07) is 4.12. The molecule has 4 nitrogen and oxygen atoms in total. The third kappa shape index (κ3) is 3.73. The minimum absolute atomic E-state index is 0.132. The Kier molecular flexibility index (Phi) is 4.23. The quantitative estimate of drug-likeness (QED) is 0.854. The van der Waals surface area contributed by atoms with E-state index in [-0.39, 0.29) is 5.41 Å². The first-order chi connectivity index (χ1) is 9.66. The molecule has 2 N–H and O–H groups in total. The van der Waals surface area contributed by atoms with E-state index in [2.05, 4.69) is 49.8 Å². The van der Waals surface area contributed by atoms with Crippen LogP contribution in [0.15, 0.2) is 22.2 Å². The van der Waals surface area contributed by atoms with E-state index < -0.39 is 0 Å². The molecule has 0 amide bonds. The number of nitrogens with two attached hydrogens (primary N) is 1. The van der Waals surface area contributed by atoms with Crippen LogP contribution in [0.4, 0.5) is 5.82 Å². The fraction of sp³-hybridized carbons (Fsp3) is 0.438. The third-order valence-corrected chi connectivity index (χ3v) is 4.09. The van der Waals surface area contributed by atoms with E-state index in [0.29, 0.717) is 5.82 Å². The Morgan fingerprint density at radius 2 is 1.67 bits per heavy atom. The molecule has 0 bridgehead atoms. The zero-order valence-corrected chi connectivity index (χ0v) is 14.3. The standard InChI is InChI=1S/C16H22N4S/c1-9-7-10(2)18-12(8-9)21-14-11(3)13(17)19-15(20-14)16(4,5)6/h7-8H,1-6H3,(H2,17,19,20). The highest BCUT2D eigenvalue weighted by molar-refractivity contribution is 7.99. The molecule has 112 valence electrons. The predicted octanol–water partition coefficient (Wildman–Crippen LogP) is 3.83. The van der Waals surface area contributed by atoms with Crippen LogP contribution in [0.1, 0.15) is 43.4 Å². The van der Waals surface area contributed by atoms with Gasteiger partial charge >= 0.3 is 0 Å². The van der Waals surface area contributed by atoms with Gasteiger partial charge in [-0.25, -0.2) is 15.0 Å². The van der Waals surface area contributed by atoms with Crippen LogP contribution in [0.3, 0.4) is 0 Å². The number of nitrogens with zero attached hydrogens (tertiary/aromatic N) is 3. The highest BCUT2D eigenvalue weighted by atomic mass is 32.2. The number of pyridine rings is 1. The van der Waals surface area contributed by atoms with Gasteiger partial charge in [-0.2, -0.15) is 0 Å². The molecule has 5 heteroatoms. The van der Waals surface area contributed by atoms with E-state index in [1.165, 1.54) is 5.56 Å². The van der Waals surface area contributed by atoms with E-state index in [9.17, 15) is 0 Å². The van der Waals surface area contributed by atoms with Crippen molar-refractivity contribution >= 4 is 17.6 Å². The zero-order valence-electron chi connectivity index (χ0n) is 13.5. The molecule has 21 heavy (non-hydrogen) atoms. The van der Waals surface area contributed by atoms with Crippen molar-refractivity contribution in [3.05, 3.63) is 34.8 Å². The van der Waals surface area contributed by atoms with Gasteiger partial charge in [-0.1, -0.05) is 20.8 Å². The molecule has 0 spiro atoms. The van der Waals surface area contributed by atoms with Gasteiger partial charge in [-0.15, -0.1) is 0 Å². The fourth-order valence-corrected chi connectivity index (χ4v) is 2.93. The molecule has 0 fully saturated rings. The minimum atomic E-state index is -0.132. The molecule has 2 aromatic rings. The number of nitrogen functional groups attached to an aromatic ring is 1. The second kappa shape index (κ2) is 5.64. The van der Waals surface area contributed by atoms with E-state index in [1.807, 2.05) is 13.8 Å². The molecule has 0 aliphatic rings. The lowest BCUT2D eigenvalue weighted by atomic mass is 9.95. The van der Waals surface area contributed by atoms with Crippen molar-refractivity contribution in [2.45, 2.75) is 57.0 Å². The van der Waals surface area contributed by atoms with Crippen LogP contribution in [0, 0.1) is 20.8 Å². The molecule has 0 atom stereocenters. The van der Waals surface area contributed by atoms with Crippen molar-refractivity contribution in [3.8, 4) is 0 Å². The maximum Gasteiger partial charge on any atom is 0.137 e. The Morgan fingerprint density at radius 1 is 1.00 bits per heavy atom. The lowest BCUT2D eigenvalue weighted by molar-refractivity contribution is 0.538. The number of hydrogen-bond acceptors (Lipinski definition) is 5. The molecule has 0 aliphatic carbocycles. The van der Waals surface area contributed by atoms with Crippen LogP contribution < -0.4 is 5.73 Å². The summed E-state index contributed by atoms with van der Waals surface area (Å²) in [5.74, 6) is 1.30. The molecule has 0 aliphatic heterocycles. The van der Waals surface area contributed by atoms with Crippen molar-refractivity contribution in [1.29, 1.82) is 0 Å². The van der Waals surface area contributed by atoms with Gasteiger partial charge < -0.3 is 5.73 Å². The largest absolute Gasteiger partial charge is 0.383 e. The van der Waals surface area contributed by atoms with Crippen LogP contribution in [0.2, 0.25) is 0 Å². The summed E-state index contributed by atoms with van der Waals surface area (Å²) in [4.78, 5) is 13.7. The Bertz CT molecular complexity index is 654. The van der Waals surface area contributed by atoms with Crippen LogP contribution >= 0.6 is 11.8 Å². The van der Waals surface area contributed by atoms with Crippen molar-refractivity contribution in [2.75, 3.05) is 5.73 Å². The van der Waals surface area contributed by atoms with Gasteiger partial charge in [-0.3, -0.25) is 0 Å². The summed E-state index contributed by atoms with van der Waals surface area (Å²) >= 11 is 1.54. The van der Waals surface area contributed by atoms with E-state index in [4.69, 9.17) is 10.7 Å². The first kappa shape index (κ1) is 15.8. The van der Waals surface area contributed by atoms with E-state index in [1.54, 1.807) is 11.8 Å². The normalized spacial score (nSPS) is 11.7. The Balaban J connectivity index is 2.46. The average Bonchev–Trinajstić information content (AvgIpc) is 2.32. The van der Waals surface area contributed by atoms with Crippen LogP contribution in [-0.2, 0) is 5.41 Å². The molecule has 2 rings (SSSR count). The molecular weight excluding hydrogens is 280 g/mol. The van der Waals surface area contributed by atoms with Crippen molar-refractivity contribution < 1.29 is 0 Å². The van der Waals surface area contributed by atoms with Gasteiger partial charge in [0.05, 0.1) is 0 Å². The van der Waals surface area contributed by atoms with Crippen LogP contribution in [0.25, 0.3) is 0 Å². The molecular formula is C16H22N4S. The van der Waals surface area contributed by atoms with E-state index in [0.717, 1.165) is 27.1 Å². The highest BCUT2D eigenvalue weighted by Crippen LogP contribution is 2.32. The summed E-state index contributed by atoms with van der Waals surface area (Å²) in [5, 5.41) is 1.82. The van der Waals surface area contributed by atoms with Crippen molar-refractivity contribution in [3.63, 3.8) is 0 Å². The smallest absolute Gasteiger partial charge is 0.137 e. The van der Waals surface area contributed by atoms with Crippen molar-refractivity contribution in [1.82, 2.24) is 15.0 Å². The summed E-state index contributed by atoms with van der Waals surface area (Å²) in [6.07, 6.45) is 0. The second-order valence-electron chi connectivity index (χ2n) is 6.34. The van der Waals surface area contributed by atoms with Gasteiger partial charge in [0.25, 0.3) is 0 Å². The van der Waals surface area contributed by atoms with Gasteiger partial charge in [-0.05, 0) is 50.2 Å². The van der Waals surface area contributed by atoms with Crippen LogP contribution in [-0.4, -0.2) is 15.0 Å². The number of aryl methyl sites for hydroxylation is 2. The minimum Gasteiger partial charge on any atom is -0.383 e. The first-order valence-electron chi connectivity index (χ1n) is 6.94. The van der Waals surface area contributed by atoms with Crippen LogP contribution in [0.5, 0.6) is 0 Å². The Morgan fingerprint density at radius 3 is 2.24 bits per heavy atom. The second-order valence-corrected chi connectivity index (χ2v) is 7.35. The van der Waals surface area contributed by atoms with Gasteiger partial charge in [0, 0.05) is 16.7 Å². The molecule has 0 radical (unpaired) electrons. The lowest BCUT2D eigenvalue weighted by Gasteiger charge is -2.19. The number of hydrogen-bond donors (Lipinski definition) is 1. The average molecular weight is 302 g/mol. The van der Waals surface area contributed by atoms with Gasteiger partial charge in [0.1, 0.15) is 21.7 Å². The lowest BCUT2D eigenvalue weighted by Crippen LogP contribution is -2.18. The Hall–Kier alpha value is -1.62. The maximum atomic E-state index is 6.05. The summed E-state index contributed by atoms with van der Waals surface area (Å²) in [6.45, 7) is 12.3. The topological polar surface area (TPSA) is 64.7 Å². The molecule has 0 saturated heterocycles. The number of aromatic nitrogens is 3. The zero-order chi connectivity index (χ0) is 15.8. The summed E-state index contributed by atoms with van der Waals surface area (Å²) in [5.41, 5.74) is 9.03. The molecule has 0 aromatic carbocycles. The molecule has 0 saturated carbocycles.